The molecule has 1 fully saturated rings. The molecule has 1 heterocycles. The Bertz CT molecular complexity index is 947. The van der Waals surface area contributed by atoms with Crippen LogP contribution in [-0.2, 0) is 11.4 Å². The highest BCUT2D eigenvalue weighted by Crippen LogP contribution is 2.39. The number of benzene rings is 2. The van der Waals surface area contributed by atoms with Gasteiger partial charge in [-0.25, -0.2) is 4.39 Å². The molecule has 0 saturated carbocycles. The molecule has 0 radical (unpaired) electrons. The van der Waals surface area contributed by atoms with E-state index < -0.39 is 0 Å². The summed E-state index contributed by atoms with van der Waals surface area (Å²) in [6.07, 6.45) is 1.62. The first-order valence-electron chi connectivity index (χ1n) is 7.85. The number of imide groups is 1. The average molecular weight is 452 g/mol. The SMILES string of the molecule is COc1cc(/C=C2\SC(=O)N(C)C2=O)cc(Br)c1OCc1cccc(F)c1. The zero-order valence-electron chi connectivity index (χ0n) is 14.5. The molecule has 2 aromatic rings. The van der Waals surface area contributed by atoms with Crippen molar-refractivity contribution in [1.29, 1.82) is 0 Å². The molecule has 0 atom stereocenters. The standard InChI is InChI=1S/C19H15BrFNO4S/c1-22-18(23)16(27-19(22)24)9-12-7-14(20)17(15(8-12)25-2)26-10-11-4-3-5-13(21)6-11/h3-9H,10H2,1-2H3/b16-9-. The van der Waals surface area contributed by atoms with Gasteiger partial charge < -0.3 is 9.47 Å². The molecule has 0 spiro atoms. The number of hydrogen-bond acceptors (Lipinski definition) is 5. The van der Waals surface area contributed by atoms with Crippen molar-refractivity contribution in [3.8, 4) is 11.5 Å². The third-order valence-electron chi connectivity index (χ3n) is 3.81. The molecule has 1 saturated heterocycles. The number of thioether (sulfide) groups is 1. The van der Waals surface area contributed by atoms with Crippen molar-refractivity contribution >= 4 is 44.9 Å². The molecule has 0 aromatic heterocycles. The Balaban J connectivity index is 1.85. The molecule has 140 valence electrons. The zero-order chi connectivity index (χ0) is 19.6. The second-order valence-corrected chi connectivity index (χ2v) is 7.54. The fourth-order valence-corrected chi connectivity index (χ4v) is 3.84. The lowest BCUT2D eigenvalue weighted by molar-refractivity contribution is -0.121. The van der Waals surface area contributed by atoms with Crippen LogP contribution >= 0.6 is 27.7 Å². The third-order valence-corrected chi connectivity index (χ3v) is 5.36. The summed E-state index contributed by atoms with van der Waals surface area (Å²) >= 11 is 4.32. The van der Waals surface area contributed by atoms with Gasteiger partial charge in [0.05, 0.1) is 16.5 Å². The molecule has 3 rings (SSSR count). The Morgan fingerprint density at radius 1 is 1.26 bits per heavy atom. The molecule has 0 aliphatic carbocycles. The number of hydrogen-bond donors (Lipinski definition) is 0. The summed E-state index contributed by atoms with van der Waals surface area (Å²) in [4.78, 5) is 25.1. The molecule has 0 N–H and O–H groups in total. The van der Waals surface area contributed by atoms with E-state index in [0.717, 1.165) is 16.7 Å². The molecule has 0 bridgehead atoms. The van der Waals surface area contributed by atoms with Crippen LogP contribution < -0.4 is 9.47 Å². The quantitative estimate of drug-likeness (QED) is 0.608. The van der Waals surface area contributed by atoms with Crippen LogP contribution in [0.25, 0.3) is 6.08 Å². The van der Waals surface area contributed by atoms with Gasteiger partial charge in [0, 0.05) is 7.05 Å². The van der Waals surface area contributed by atoms with Gasteiger partial charge in [-0.15, -0.1) is 0 Å². The van der Waals surface area contributed by atoms with E-state index in [9.17, 15) is 14.0 Å². The maximum atomic E-state index is 13.3. The normalized spacial score (nSPS) is 15.6. The number of amides is 2. The van der Waals surface area contributed by atoms with Crippen molar-refractivity contribution < 1.29 is 23.5 Å². The number of methoxy groups -OCH3 is 1. The molecule has 1 aliphatic rings. The third kappa shape index (κ3) is 4.33. The smallest absolute Gasteiger partial charge is 0.293 e. The van der Waals surface area contributed by atoms with Gasteiger partial charge in [0.25, 0.3) is 11.1 Å². The van der Waals surface area contributed by atoms with Gasteiger partial charge in [0.2, 0.25) is 0 Å². The molecule has 5 nitrogen and oxygen atoms in total. The van der Waals surface area contributed by atoms with Gasteiger partial charge >= 0.3 is 0 Å². The molecule has 1 aliphatic heterocycles. The Kier molecular flexibility index (Phi) is 5.86. The van der Waals surface area contributed by atoms with Crippen molar-refractivity contribution in [2.24, 2.45) is 0 Å². The molecule has 27 heavy (non-hydrogen) atoms. The molecule has 2 amide bonds. The summed E-state index contributed by atoms with van der Waals surface area (Å²) in [6.45, 7) is 0.167. The number of rotatable bonds is 5. The number of ether oxygens (including phenoxy) is 2. The summed E-state index contributed by atoms with van der Waals surface area (Å²) in [6, 6.07) is 9.60. The first-order valence-corrected chi connectivity index (χ1v) is 9.46. The van der Waals surface area contributed by atoms with Gasteiger partial charge in [-0.2, -0.15) is 0 Å². The predicted octanol–water partition coefficient (Wildman–Crippen LogP) is 4.84. The van der Waals surface area contributed by atoms with Crippen LogP contribution in [-0.4, -0.2) is 30.2 Å². The fraction of sp³-hybridized carbons (Fsp3) is 0.158. The first-order chi connectivity index (χ1) is 12.9. The Hall–Kier alpha value is -2.32. The monoisotopic (exact) mass is 451 g/mol. The van der Waals surface area contributed by atoms with Crippen molar-refractivity contribution in [2.45, 2.75) is 6.61 Å². The summed E-state index contributed by atoms with van der Waals surface area (Å²) in [5, 5.41) is -0.313. The van der Waals surface area contributed by atoms with Crippen molar-refractivity contribution in [1.82, 2.24) is 4.90 Å². The van der Waals surface area contributed by atoms with Crippen LogP contribution in [0, 0.1) is 5.82 Å². The molecular formula is C19H15BrFNO4S. The maximum Gasteiger partial charge on any atom is 0.293 e. The lowest BCUT2D eigenvalue weighted by atomic mass is 10.1. The summed E-state index contributed by atoms with van der Waals surface area (Å²) in [7, 11) is 2.94. The van der Waals surface area contributed by atoms with Gasteiger partial charge in [0.15, 0.2) is 11.5 Å². The van der Waals surface area contributed by atoms with E-state index in [1.165, 1.54) is 26.3 Å². The topological polar surface area (TPSA) is 55.8 Å². The minimum absolute atomic E-state index is 0.167. The van der Waals surface area contributed by atoms with E-state index in [4.69, 9.17) is 9.47 Å². The molecule has 8 heteroatoms. The largest absolute Gasteiger partial charge is 0.493 e. The molecule has 0 unspecified atom stereocenters. The number of carbonyl (C=O) groups excluding carboxylic acids is 2. The van der Waals surface area contributed by atoms with Gasteiger partial charge in [-0.1, -0.05) is 12.1 Å². The minimum atomic E-state index is -0.341. The summed E-state index contributed by atoms with van der Waals surface area (Å²) in [5.74, 6) is 0.235. The second kappa shape index (κ2) is 8.14. The van der Waals surface area contributed by atoms with E-state index in [-0.39, 0.29) is 23.6 Å². The number of carbonyl (C=O) groups is 2. The van der Waals surface area contributed by atoms with E-state index in [0.29, 0.717) is 32.0 Å². The molecular weight excluding hydrogens is 437 g/mol. The van der Waals surface area contributed by atoms with Crippen LogP contribution in [0.3, 0.4) is 0 Å². The van der Waals surface area contributed by atoms with E-state index in [1.807, 2.05) is 0 Å². The lowest BCUT2D eigenvalue weighted by Crippen LogP contribution is -2.22. The van der Waals surface area contributed by atoms with Crippen LogP contribution in [0.5, 0.6) is 11.5 Å². The van der Waals surface area contributed by atoms with Crippen LogP contribution in [0.1, 0.15) is 11.1 Å². The van der Waals surface area contributed by atoms with Crippen molar-refractivity contribution in [3.05, 3.63) is 62.7 Å². The van der Waals surface area contributed by atoms with Gasteiger partial charge in [-0.05, 0) is 69.2 Å². The summed E-state index contributed by atoms with van der Waals surface area (Å²) in [5.41, 5.74) is 1.36. The second-order valence-electron chi connectivity index (χ2n) is 5.69. The van der Waals surface area contributed by atoms with Gasteiger partial charge in [-0.3, -0.25) is 14.5 Å². The Labute approximate surface area is 168 Å². The van der Waals surface area contributed by atoms with Crippen LogP contribution in [0.15, 0.2) is 45.8 Å². The maximum absolute atomic E-state index is 13.3. The minimum Gasteiger partial charge on any atom is -0.493 e. The van der Waals surface area contributed by atoms with Crippen LogP contribution in [0.4, 0.5) is 9.18 Å². The van der Waals surface area contributed by atoms with E-state index >= 15 is 0 Å². The lowest BCUT2D eigenvalue weighted by Gasteiger charge is -2.14. The number of halogens is 2. The van der Waals surface area contributed by atoms with Gasteiger partial charge in [0.1, 0.15) is 12.4 Å². The van der Waals surface area contributed by atoms with E-state index in [2.05, 4.69) is 15.9 Å². The predicted molar refractivity (Wildman–Crippen MR) is 105 cm³/mol. The Morgan fingerprint density at radius 3 is 2.67 bits per heavy atom. The van der Waals surface area contributed by atoms with E-state index in [1.54, 1.807) is 30.3 Å². The summed E-state index contributed by atoms with van der Waals surface area (Å²) < 4.78 is 25.1. The highest BCUT2D eigenvalue weighted by molar-refractivity contribution is 9.10. The average Bonchev–Trinajstić information content (AvgIpc) is 2.87. The number of likely N-dealkylation sites (N-methyl/N-ethyl adjacent to an activating group) is 1. The van der Waals surface area contributed by atoms with Crippen molar-refractivity contribution in [3.63, 3.8) is 0 Å². The highest BCUT2D eigenvalue weighted by Gasteiger charge is 2.31. The Morgan fingerprint density at radius 2 is 2.04 bits per heavy atom. The highest BCUT2D eigenvalue weighted by atomic mass is 79.9. The van der Waals surface area contributed by atoms with Crippen LogP contribution in [0.2, 0.25) is 0 Å². The van der Waals surface area contributed by atoms with Crippen molar-refractivity contribution in [2.75, 3.05) is 14.2 Å². The first kappa shape index (κ1) is 19.4. The number of nitrogens with zero attached hydrogens (tertiary/aromatic N) is 1. The molecule has 2 aromatic carbocycles. The zero-order valence-corrected chi connectivity index (χ0v) is 16.9. The fourth-order valence-electron chi connectivity index (χ4n) is 2.44.